The van der Waals surface area contributed by atoms with E-state index in [-0.39, 0.29) is 5.91 Å². The summed E-state index contributed by atoms with van der Waals surface area (Å²) in [6.07, 6.45) is 5.95. The predicted octanol–water partition coefficient (Wildman–Crippen LogP) is 0.978. The fourth-order valence-electron chi connectivity index (χ4n) is 2.18. The summed E-state index contributed by atoms with van der Waals surface area (Å²) in [6, 6.07) is 0. The van der Waals surface area contributed by atoms with E-state index in [0.29, 0.717) is 6.42 Å². The van der Waals surface area contributed by atoms with Crippen LogP contribution in [-0.2, 0) is 4.79 Å². The first-order valence-corrected chi connectivity index (χ1v) is 7.02. The highest BCUT2D eigenvalue weighted by molar-refractivity contribution is 5.76. The topological polar surface area (TPSA) is 44.4 Å². The number of likely N-dealkylation sites (tertiary alicyclic amines) is 1. The number of nitrogens with zero attached hydrogens (tertiary/aromatic N) is 1. The molecule has 1 fully saturated rings. The molecule has 0 spiro atoms. The number of carbonyl (C=O) groups excluding carboxylic acids is 1. The first-order chi connectivity index (χ1) is 8.33. The van der Waals surface area contributed by atoms with E-state index in [9.17, 15) is 4.79 Å². The number of hydrogen-bond acceptors (Lipinski definition) is 3. The van der Waals surface area contributed by atoms with Crippen LogP contribution in [-0.4, -0.2) is 50.1 Å². The first kappa shape index (κ1) is 14.5. The fourth-order valence-corrected chi connectivity index (χ4v) is 2.18. The van der Waals surface area contributed by atoms with Crippen molar-refractivity contribution in [1.29, 1.82) is 0 Å². The maximum Gasteiger partial charge on any atom is 0.221 e. The Kier molecular flexibility index (Phi) is 8.01. The van der Waals surface area contributed by atoms with E-state index >= 15 is 0 Å². The normalized spacial score (nSPS) is 17.7. The van der Waals surface area contributed by atoms with Crippen LogP contribution in [0.4, 0.5) is 0 Å². The second kappa shape index (κ2) is 9.42. The Labute approximate surface area is 105 Å². The quantitative estimate of drug-likeness (QED) is 0.653. The van der Waals surface area contributed by atoms with Crippen LogP contribution in [0.5, 0.6) is 0 Å². The van der Waals surface area contributed by atoms with E-state index in [4.69, 9.17) is 0 Å². The van der Waals surface area contributed by atoms with Gasteiger partial charge in [0.25, 0.3) is 0 Å². The highest BCUT2D eigenvalue weighted by Gasteiger charge is 2.08. The van der Waals surface area contributed by atoms with Gasteiger partial charge in [-0.2, -0.15) is 0 Å². The largest absolute Gasteiger partial charge is 0.355 e. The maximum absolute atomic E-state index is 11.5. The molecule has 4 nitrogen and oxygen atoms in total. The van der Waals surface area contributed by atoms with E-state index in [1.807, 2.05) is 0 Å². The lowest BCUT2D eigenvalue weighted by Crippen LogP contribution is -2.36. The van der Waals surface area contributed by atoms with E-state index < -0.39 is 0 Å². The van der Waals surface area contributed by atoms with Gasteiger partial charge in [0.15, 0.2) is 0 Å². The third-order valence-corrected chi connectivity index (χ3v) is 3.23. The Hall–Kier alpha value is -0.610. The summed E-state index contributed by atoms with van der Waals surface area (Å²) in [6.45, 7) is 7.97. The van der Waals surface area contributed by atoms with E-state index in [1.54, 1.807) is 0 Å². The molecule has 1 heterocycles. The molecule has 0 radical (unpaired) electrons. The van der Waals surface area contributed by atoms with Crippen molar-refractivity contribution in [2.45, 2.75) is 39.0 Å². The monoisotopic (exact) mass is 241 g/mol. The lowest BCUT2D eigenvalue weighted by Gasteiger charge is -2.19. The molecule has 1 amide bonds. The van der Waals surface area contributed by atoms with Crippen molar-refractivity contribution in [3.63, 3.8) is 0 Å². The molecular formula is C13H27N3O. The smallest absolute Gasteiger partial charge is 0.221 e. The standard InChI is InChI=1S/C13H27N3O/c1-2-14-8-7-13(17)15-9-12-16-10-5-3-4-6-11-16/h14H,2-12H2,1H3,(H,15,17). The molecule has 0 aromatic carbocycles. The number of nitrogens with one attached hydrogen (secondary N) is 2. The molecule has 0 atom stereocenters. The molecule has 1 rings (SSSR count). The Morgan fingerprint density at radius 2 is 1.82 bits per heavy atom. The number of amides is 1. The van der Waals surface area contributed by atoms with Crippen LogP contribution >= 0.6 is 0 Å². The van der Waals surface area contributed by atoms with Gasteiger partial charge in [0.05, 0.1) is 0 Å². The Morgan fingerprint density at radius 3 is 2.47 bits per heavy atom. The van der Waals surface area contributed by atoms with Crippen LogP contribution in [0.3, 0.4) is 0 Å². The predicted molar refractivity (Wildman–Crippen MR) is 71.1 cm³/mol. The van der Waals surface area contributed by atoms with Crippen molar-refractivity contribution in [1.82, 2.24) is 15.5 Å². The average molecular weight is 241 g/mol. The van der Waals surface area contributed by atoms with Gasteiger partial charge in [-0.05, 0) is 32.5 Å². The molecule has 0 aromatic rings. The maximum atomic E-state index is 11.5. The zero-order chi connectivity index (χ0) is 12.3. The lowest BCUT2D eigenvalue weighted by molar-refractivity contribution is -0.121. The van der Waals surface area contributed by atoms with Crippen LogP contribution < -0.4 is 10.6 Å². The molecule has 0 aromatic heterocycles. The summed E-state index contributed by atoms with van der Waals surface area (Å²) in [5, 5.41) is 6.14. The molecule has 17 heavy (non-hydrogen) atoms. The van der Waals surface area contributed by atoms with E-state index in [0.717, 1.165) is 26.2 Å². The van der Waals surface area contributed by atoms with Crippen LogP contribution in [0.1, 0.15) is 39.0 Å². The van der Waals surface area contributed by atoms with Gasteiger partial charge in [-0.25, -0.2) is 0 Å². The summed E-state index contributed by atoms with van der Waals surface area (Å²) in [5.74, 6) is 0.167. The molecule has 1 aliphatic rings. The van der Waals surface area contributed by atoms with Crippen molar-refractivity contribution >= 4 is 5.91 Å². The zero-order valence-electron chi connectivity index (χ0n) is 11.1. The zero-order valence-corrected chi connectivity index (χ0v) is 11.1. The summed E-state index contributed by atoms with van der Waals surface area (Å²) >= 11 is 0. The van der Waals surface area contributed by atoms with Crippen molar-refractivity contribution in [2.75, 3.05) is 39.3 Å². The minimum atomic E-state index is 0.167. The molecule has 0 saturated carbocycles. The molecule has 0 unspecified atom stereocenters. The molecule has 1 aliphatic heterocycles. The second-order valence-corrected chi connectivity index (χ2v) is 4.71. The van der Waals surface area contributed by atoms with Crippen LogP contribution in [0.2, 0.25) is 0 Å². The Morgan fingerprint density at radius 1 is 1.12 bits per heavy atom. The second-order valence-electron chi connectivity index (χ2n) is 4.71. The Balaban J connectivity index is 1.99. The SMILES string of the molecule is CCNCCC(=O)NCCN1CCCCCC1. The van der Waals surface area contributed by atoms with Crippen molar-refractivity contribution < 1.29 is 4.79 Å². The van der Waals surface area contributed by atoms with Crippen molar-refractivity contribution in [2.24, 2.45) is 0 Å². The highest BCUT2D eigenvalue weighted by atomic mass is 16.1. The highest BCUT2D eigenvalue weighted by Crippen LogP contribution is 2.08. The van der Waals surface area contributed by atoms with E-state index in [2.05, 4.69) is 22.5 Å². The first-order valence-electron chi connectivity index (χ1n) is 7.02. The van der Waals surface area contributed by atoms with Gasteiger partial charge >= 0.3 is 0 Å². The number of hydrogen-bond donors (Lipinski definition) is 2. The van der Waals surface area contributed by atoms with Crippen molar-refractivity contribution in [3.8, 4) is 0 Å². The molecule has 2 N–H and O–H groups in total. The van der Waals surface area contributed by atoms with Gasteiger partial charge < -0.3 is 15.5 Å². The van der Waals surface area contributed by atoms with Gasteiger partial charge in [-0.3, -0.25) is 4.79 Å². The summed E-state index contributed by atoms with van der Waals surface area (Å²) in [5.41, 5.74) is 0. The van der Waals surface area contributed by atoms with Crippen LogP contribution in [0, 0.1) is 0 Å². The summed E-state index contributed by atoms with van der Waals surface area (Å²) in [4.78, 5) is 13.9. The van der Waals surface area contributed by atoms with Crippen LogP contribution in [0.15, 0.2) is 0 Å². The van der Waals surface area contributed by atoms with Gasteiger partial charge in [0, 0.05) is 26.1 Å². The minimum Gasteiger partial charge on any atom is -0.355 e. The van der Waals surface area contributed by atoms with Gasteiger partial charge in [0.1, 0.15) is 0 Å². The Bertz CT molecular complexity index is 201. The molecule has 1 saturated heterocycles. The third kappa shape index (κ3) is 7.34. The van der Waals surface area contributed by atoms with Crippen molar-refractivity contribution in [3.05, 3.63) is 0 Å². The lowest BCUT2D eigenvalue weighted by atomic mass is 10.2. The van der Waals surface area contributed by atoms with Gasteiger partial charge in [-0.15, -0.1) is 0 Å². The van der Waals surface area contributed by atoms with E-state index in [1.165, 1.54) is 38.8 Å². The van der Waals surface area contributed by atoms with Gasteiger partial charge in [0.2, 0.25) is 5.91 Å². The van der Waals surface area contributed by atoms with Gasteiger partial charge in [-0.1, -0.05) is 19.8 Å². The molecule has 0 aliphatic carbocycles. The minimum absolute atomic E-state index is 0.167. The molecule has 100 valence electrons. The summed E-state index contributed by atoms with van der Waals surface area (Å²) in [7, 11) is 0. The fraction of sp³-hybridized carbons (Fsp3) is 0.923. The number of carbonyl (C=O) groups is 1. The number of rotatable bonds is 7. The molecule has 4 heteroatoms. The summed E-state index contributed by atoms with van der Waals surface area (Å²) < 4.78 is 0. The molecular weight excluding hydrogens is 214 g/mol. The average Bonchev–Trinajstić information content (AvgIpc) is 2.58. The third-order valence-electron chi connectivity index (χ3n) is 3.23. The van der Waals surface area contributed by atoms with Crippen LogP contribution in [0.25, 0.3) is 0 Å². The molecule has 0 bridgehead atoms.